The maximum atomic E-state index is 12.7. The maximum absolute atomic E-state index is 12.7. The monoisotopic (exact) mass is 294 g/mol. The molecule has 6 heteroatoms. The number of hydrogen-bond acceptors (Lipinski definition) is 3. The van der Waals surface area contributed by atoms with Gasteiger partial charge in [-0.3, -0.25) is 10.2 Å². The lowest BCUT2D eigenvalue weighted by atomic mass is 9.89. The van der Waals surface area contributed by atoms with Crippen molar-refractivity contribution in [1.82, 2.24) is 5.43 Å². The summed E-state index contributed by atoms with van der Waals surface area (Å²) in [4.78, 5) is 11.9. The summed E-state index contributed by atoms with van der Waals surface area (Å²) in [6.45, 7) is 0. The molecule has 0 unspecified atom stereocenters. The van der Waals surface area contributed by atoms with Crippen LogP contribution in [0.25, 0.3) is 0 Å². The molecule has 0 fully saturated rings. The summed E-state index contributed by atoms with van der Waals surface area (Å²) in [7, 11) is 0. The van der Waals surface area contributed by atoms with Crippen molar-refractivity contribution in [2.45, 2.75) is 31.9 Å². The molecule has 0 spiro atoms. The molecule has 0 saturated heterocycles. The normalized spacial score (nSPS) is 19.0. The van der Waals surface area contributed by atoms with E-state index in [1.807, 2.05) is 0 Å². The Hall–Kier alpha value is -2.11. The Morgan fingerprint density at radius 2 is 2.00 bits per heavy atom. The van der Waals surface area contributed by atoms with E-state index in [2.05, 4.69) is 10.5 Å². The van der Waals surface area contributed by atoms with Gasteiger partial charge in [-0.1, -0.05) is 12.1 Å². The SMILES string of the molecule is O=C1CCCC2=C1CC(c1cccc(C(F)(F)F)c1)=NN2. The topological polar surface area (TPSA) is 41.5 Å². The Labute approximate surface area is 119 Å². The van der Waals surface area contributed by atoms with Gasteiger partial charge in [-0.25, -0.2) is 0 Å². The highest BCUT2D eigenvalue weighted by Crippen LogP contribution is 2.31. The van der Waals surface area contributed by atoms with Gasteiger partial charge in [-0.05, 0) is 30.5 Å². The predicted molar refractivity (Wildman–Crippen MR) is 71.6 cm³/mol. The van der Waals surface area contributed by atoms with E-state index < -0.39 is 11.7 Å². The van der Waals surface area contributed by atoms with Gasteiger partial charge in [-0.2, -0.15) is 18.3 Å². The van der Waals surface area contributed by atoms with E-state index in [9.17, 15) is 18.0 Å². The Balaban J connectivity index is 1.89. The number of benzene rings is 1. The minimum absolute atomic E-state index is 0.0584. The van der Waals surface area contributed by atoms with Crippen LogP contribution in [-0.4, -0.2) is 11.5 Å². The van der Waals surface area contributed by atoms with Crippen LogP contribution in [0.4, 0.5) is 13.2 Å². The molecule has 110 valence electrons. The molecule has 2 aliphatic rings. The predicted octanol–water partition coefficient (Wildman–Crippen LogP) is 3.41. The van der Waals surface area contributed by atoms with E-state index in [0.717, 1.165) is 30.7 Å². The third kappa shape index (κ3) is 2.70. The zero-order valence-electron chi connectivity index (χ0n) is 11.1. The number of halogens is 3. The first kappa shape index (κ1) is 13.9. The third-order valence-electron chi connectivity index (χ3n) is 3.72. The number of carbonyl (C=O) groups is 1. The van der Waals surface area contributed by atoms with Crippen LogP contribution in [0.5, 0.6) is 0 Å². The number of alkyl halides is 3. The van der Waals surface area contributed by atoms with Crippen molar-refractivity contribution in [2.24, 2.45) is 5.10 Å². The van der Waals surface area contributed by atoms with E-state index in [-0.39, 0.29) is 5.78 Å². The lowest BCUT2D eigenvalue weighted by molar-refractivity contribution is -0.137. The highest BCUT2D eigenvalue weighted by atomic mass is 19.4. The Bertz CT molecular complexity index is 659. The number of nitrogens with zero attached hydrogens (tertiary/aromatic N) is 1. The molecule has 1 aromatic carbocycles. The second-order valence-corrected chi connectivity index (χ2v) is 5.16. The van der Waals surface area contributed by atoms with Gasteiger partial charge in [0.1, 0.15) is 0 Å². The molecule has 3 rings (SSSR count). The first-order valence-electron chi connectivity index (χ1n) is 6.70. The van der Waals surface area contributed by atoms with Crippen molar-refractivity contribution in [3.8, 4) is 0 Å². The molecule has 0 bridgehead atoms. The van der Waals surface area contributed by atoms with Crippen molar-refractivity contribution in [3.63, 3.8) is 0 Å². The molecule has 0 atom stereocenters. The van der Waals surface area contributed by atoms with Gasteiger partial charge in [0.25, 0.3) is 0 Å². The maximum Gasteiger partial charge on any atom is 0.416 e. The smallest absolute Gasteiger partial charge is 0.294 e. The number of rotatable bonds is 1. The summed E-state index contributed by atoms with van der Waals surface area (Å²) in [6, 6.07) is 5.03. The van der Waals surface area contributed by atoms with Crippen LogP contribution in [0.2, 0.25) is 0 Å². The lowest BCUT2D eigenvalue weighted by Crippen LogP contribution is -2.27. The van der Waals surface area contributed by atoms with Crippen molar-refractivity contribution in [3.05, 3.63) is 46.7 Å². The fraction of sp³-hybridized carbons (Fsp3) is 0.333. The number of hydrogen-bond donors (Lipinski definition) is 1. The van der Waals surface area contributed by atoms with E-state index >= 15 is 0 Å². The van der Waals surface area contributed by atoms with Crippen LogP contribution >= 0.6 is 0 Å². The van der Waals surface area contributed by atoms with Gasteiger partial charge in [0.2, 0.25) is 0 Å². The fourth-order valence-electron chi connectivity index (χ4n) is 2.61. The molecule has 1 aliphatic heterocycles. The third-order valence-corrected chi connectivity index (χ3v) is 3.72. The first-order chi connectivity index (χ1) is 9.95. The quantitative estimate of drug-likeness (QED) is 0.862. The standard InChI is InChI=1S/C15H13F3N2O/c16-15(17,18)10-4-1-3-9(7-10)13-8-11-12(19-20-13)5-2-6-14(11)21/h1,3-4,7,19H,2,5-6,8H2. The number of carbonyl (C=O) groups excluding carboxylic acids is 1. The van der Waals surface area contributed by atoms with Crippen LogP contribution < -0.4 is 5.43 Å². The average Bonchev–Trinajstić information content (AvgIpc) is 2.47. The zero-order chi connectivity index (χ0) is 15.0. The van der Waals surface area contributed by atoms with Crippen LogP contribution in [0.1, 0.15) is 36.8 Å². The van der Waals surface area contributed by atoms with Gasteiger partial charge in [0, 0.05) is 24.1 Å². The zero-order valence-corrected chi connectivity index (χ0v) is 11.1. The van der Waals surface area contributed by atoms with Crippen molar-refractivity contribution in [2.75, 3.05) is 0 Å². The summed E-state index contributed by atoms with van der Waals surface area (Å²) in [6.07, 6.45) is -2.04. The van der Waals surface area contributed by atoms with Gasteiger partial charge < -0.3 is 0 Å². The second kappa shape index (κ2) is 5.02. The lowest BCUT2D eigenvalue weighted by Gasteiger charge is -2.24. The van der Waals surface area contributed by atoms with Crippen LogP contribution in [0, 0.1) is 0 Å². The first-order valence-corrected chi connectivity index (χ1v) is 6.70. The number of nitrogens with one attached hydrogen (secondary N) is 1. The van der Waals surface area contributed by atoms with Crippen LogP contribution in [0.3, 0.4) is 0 Å². The largest absolute Gasteiger partial charge is 0.416 e. The summed E-state index contributed by atoms with van der Waals surface area (Å²) < 4.78 is 38.2. The molecule has 1 aliphatic carbocycles. The van der Waals surface area contributed by atoms with Gasteiger partial charge in [-0.15, -0.1) is 0 Å². The van der Waals surface area contributed by atoms with Gasteiger partial charge in [0.05, 0.1) is 11.3 Å². The number of allylic oxidation sites excluding steroid dienone is 2. The van der Waals surface area contributed by atoms with E-state index in [1.165, 1.54) is 6.07 Å². The molecule has 0 saturated carbocycles. The van der Waals surface area contributed by atoms with Gasteiger partial charge >= 0.3 is 6.18 Å². The molecule has 1 aromatic rings. The molecule has 1 heterocycles. The molecule has 1 N–H and O–H groups in total. The number of Topliss-reactive ketones (excluding diaryl/α,β-unsaturated/α-hetero) is 1. The Morgan fingerprint density at radius 3 is 2.76 bits per heavy atom. The summed E-state index contributed by atoms with van der Waals surface area (Å²) >= 11 is 0. The van der Waals surface area contributed by atoms with E-state index in [4.69, 9.17) is 0 Å². The highest BCUT2D eigenvalue weighted by Gasteiger charge is 2.31. The van der Waals surface area contributed by atoms with Crippen LogP contribution in [0.15, 0.2) is 40.6 Å². The van der Waals surface area contributed by atoms with Crippen molar-refractivity contribution in [1.29, 1.82) is 0 Å². The second-order valence-electron chi connectivity index (χ2n) is 5.16. The molecule has 0 aromatic heterocycles. The van der Waals surface area contributed by atoms with Gasteiger partial charge in [0.15, 0.2) is 5.78 Å². The number of hydrazone groups is 1. The van der Waals surface area contributed by atoms with Crippen LogP contribution in [-0.2, 0) is 11.0 Å². The summed E-state index contributed by atoms with van der Waals surface area (Å²) in [5.74, 6) is 0.0584. The molecule has 3 nitrogen and oxygen atoms in total. The molecule has 0 amide bonds. The fourth-order valence-corrected chi connectivity index (χ4v) is 2.61. The molecular formula is C15H13F3N2O. The highest BCUT2D eigenvalue weighted by molar-refractivity contribution is 6.09. The summed E-state index contributed by atoms with van der Waals surface area (Å²) in [5.41, 5.74) is 4.44. The summed E-state index contributed by atoms with van der Waals surface area (Å²) in [5, 5.41) is 4.13. The average molecular weight is 294 g/mol. The minimum atomic E-state index is -4.39. The Morgan fingerprint density at radius 1 is 1.19 bits per heavy atom. The van der Waals surface area contributed by atoms with Crippen molar-refractivity contribution < 1.29 is 18.0 Å². The number of ketones is 1. The molecule has 21 heavy (non-hydrogen) atoms. The molecule has 0 radical (unpaired) electrons. The molecular weight excluding hydrogens is 281 g/mol. The van der Waals surface area contributed by atoms with E-state index in [0.29, 0.717) is 29.7 Å². The minimum Gasteiger partial charge on any atom is -0.294 e. The van der Waals surface area contributed by atoms with Crippen molar-refractivity contribution >= 4 is 11.5 Å². The van der Waals surface area contributed by atoms with E-state index in [1.54, 1.807) is 6.07 Å². The Kier molecular flexibility index (Phi) is 3.31.